The number of piperidine rings is 1. The molecule has 1 fully saturated rings. The summed E-state index contributed by atoms with van der Waals surface area (Å²) in [7, 11) is 1.69. The van der Waals surface area contributed by atoms with E-state index in [-0.39, 0.29) is 17.6 Å². The van der Waals surface area contributed by atoms with Crippen LogP contribution in [0.25, 0.3) is 11.0 Å². The molecule has 0 spiro atoms. The first kappa shape index (κ1) is 26.7. The van der Waals surface area contributed by atoms with Gasteiger partial charge < -0.3 is 19.0 Å². The average molecular weight is 551 g/mol. The Labute approximate surface area is 238 Å². The number of para-hydroxylation sites is 3. The molecule has 0 aliphatic carbocycles. The molecule has 210 valence electrons. The molecule has 0 unspecified atom stereocenters. The number of carbonyl (C=O) groups excluding carboxylic acids is 1. The number of nitrogens with one attached hydrogen (secondary N) is 1. The zero-order valence-electron chi connectivity index (χ0n) is 23.2. The second-order valence-electron chi connectivity index (χ2n) is 10.5. The van der Waals surface area contributed by atoms with Crippen LogP contribution < -0.4 is 10.4 Å². The number of carbonyl (C=O) groups is 1. The number of hydrogen-bond acceptors (Lipinski definition) is 5. The van der Waals surface area contributed by atoms with E-state index < -0.39 is 0 Å². The van der Waals surface area contributed by atoms with Crippen molar-refractivity contribution in [1.29, 1.82) is 0 Å². The van der Waals surface area contributed by atoms with Crippen molar-refractivity contribution >= 4 is 16.9 Å². The first-order valence-corrected chi connectivity index (χ1v) is 14.0. The van der Waals surface area contributed by atoms with Crippen LogP contribution in [0.2, 0.25) is 0 Å². The average Bonchev–Trinajstić information content (AvgIpc) is 3.61. The molecule has 6 rings (SSSR count). The summed E-state index contributed by atoms with van der Waals surface area (Å²) in [5.74, 6) is 1.82. The van der Waals surface area contributed by atoms with E-state index in [1.54, 1.807) is 13.2 Å². The van der Waals surface area contributed by atoms with E-state index in [0.717, 1.165) is 34.7 Å². The number of hydrogen-bond donors (Lipinski definition) is 1. The van der Waals surface area contributed by atoms with Crippen LogP contribution >= 0.6 is 0 Å². The molecule has 0 atom stereocenters. The van der Waals surface area contributed by atoms with E-state index in [4.69, 9.17) is 9.15 Å². The van der Waals surface area contributed by atoms with Crippen LogP contribution in [0, 0.1) is 0 Å². The highest BCUT2D eigenvalue weighted by molar-refractivity contribution is 5.91. The quantitative estimate of drug-likeness (QED) is 0.258. The summed E-state index contributed by atoms with van der Waals surface area (Å²) in [5.41, 5.74) is 3.94. The Hall–Kier alpha value is -4.56. The number of fused-ring (bicyclic) bond motifs is 1. The Morgan fingerprint density at radius 1 is 0.902 bits per heavy atom. The maximum absolute atomic E-state index is 13.4. The lowest BCUT2D eigenvalue weighted by Crippen LogP contribution is -2.40. The number of H-pyrrole nitrogens is 1. The smallest absolute Gasteiger partial charge is 0.326 e. The highest BCUT2D eigenvalue weighted by Crippen LogP contribution is 2.27. The van der Waals surface area contributed by atoms with Crippen LogP contribution in [0.4, 0.5) is 0 Å². The molecule has 0 radical (unpaired) electrons. The maximum Gasteiger partial charge on any atom is 0.326 e. The van der Waals surface area contributed by atoms with E-state index >= 15 is 0 Å². The van der Waals surface area contributed by atoms with Crippen molar-refractivity contribution < 1.29 is 13.9 Å². The number of ether oxygens (including phenoxy) is 1. The molecule has 1 aliphatic rings. The molecule has 3 heterocycles. The number of furan rings is 1. The lowest BCUT2D eigenvalue weighted by Gasteiger charge is -2.32. The fraction of sp³-hybridized carbons (Fsp3) is 0.273. The SMILES string of the molecule is COc1ccccc1CN(Cc1ccccc1)Cc1ccc(C(=O)N2CCC(n3c(=O)[nH]c4ccccc43)CC2)o1. The summed E-state index contributed by atoms with van der Waals surface area (Å²) in [5, 5.41) is 0. The fourth-order valence-corrected chi connectivity index (χ4v) is 5.80. The largest absolute Gasteiger partial charge is 0.496 e. The van der Waals surface area contributed by atoms with Crippen molar-refractivity contribution in [2.45, 2.75) is 38.5 Å². The normalized spacial score (nSPS) is 14.1. The molecule has 1 N–H and O–H groups in total. The fourth-order valence-electron chi connectivity index (χ4n) is 5.80. The third kappa shape index (κ3) is 5.83. The van der Waals surface area contributed by atoms with Gasteiger partial charge in [0.15, 0.2) is 5.76 Å². The highest BCUT2D eigenvalue weighted by Gasteiger charge is 2.28. The van der Waals surface area contributed by atoms with Gasteiger partial charge in [0, 0.05) is 37.8 Å². The molecule has 8 heteroatoms. The van der Waals surface area contributed by atoms with Gasteiger partial charge >= 0.3 is 5.69 Å². The monoisotopic (exact) mass is 550 g/mol. The van der Waals surface area contributed by atoms with Gasteiger partial charge in [0.25, 0.3) is 5.91 Å². The van der Waals surface area contributed by atoms with E-state index in [1.165, 1.54) is 5.56 Å². The lowest BCUT2D eigenvalue weighted by molar-refractivity contribution is 0.0658. The topological polar surface area (TPSA) is 83.7 Å². The van der Waals surface area contributed by atoms with E-state index in [1.807, 2.05) is 76.2 Å². The van der Waals surface area contributed by atoms with Crippen LogP contribution in [0.3, 0.4) is 0 Å². The van der Waals surface area contributed by atoms with Gasteiger partial charge in [0.1, 0.15) is 11.5 Å². The maximum atomic E-state index is 13.4. The van der Waals surface area contributed by atoms with Crippen LogP contribution in [0.15, 0.2) is 100 Å². The van der Waals surface area contributed by atoms with Crippen LogP contribution in [-0.4, -0.2) is 45.5 Å². The number of imidazole rings is 1. The molecule has 1 saturated heterocycles. The Bertz CT molecular complexity index is 1680. The van der Waals surface area contributed by atoms with E-state index in [9.17, 15) is 9.59 Å². The summed E-state index contributed by atoms with van der Waals surface area (Å²) in [6.45, 7) is 3.08. The Kier molecular flexibility index (Phi) is 7.73. The predicted octanol–water partition coefficient (Wildman–Crippen LogP) is 5.61. The molecular weight excluding hydrogens is 516 g/mol. The lowest BCUT2D eigenvalue weighted by atomic mass is 10.0. The number of benzene rings is 3. The van der Waals surface area contributed by atoms with Crippen LogP contribution in [0.5, 0.6) is 5.75 Å². The molecule has 41 heavy (non-hydrogen) atoms. The van der Waals surface area contributed by atoms with Crippen molar-refractivity contribution in [3.63, 3.8) is 0 Å². The Morgan fingerprint density at radius 3 is 2.44 bits per heavy atom. The summed E-state index contributed by atoms with van der Waals surface area (Å²) in [6.07, 6.45) is 1.43. The summed E-state index contributed by atoms with van der Waals surface area (Å²) < 4.78 is 13.5. The first-order valence-electron chi connectivity index (χ1n) is 14.0. The van der Waals surface area contributed by atoms with Gasteiger partial charge in [-0.2, -0.15) is 0 Å². The van der Waals surface area contributed by atoms with Crippen molar-refractivity contribution in [1.82, 2.24) is 19.4 Å². The molecule has 1 amide bonds. The highest BCUT2D eigenvalue weighted by atomic mass is 16.5. The van der Waals surface area contributed by atoms with Crippen molar-refractivity contribution in [2.75, 3.05) is 20.2 Å². The molecule has 0 saturated carbocycles. The second kappa shape index (κ2) is 11.9. The first-order chi connectivity index (χ1) is 20.1. The predicted molar refractivity (Wildman–Crippen MR) is 158 cm³/mol. The van der Waals surface area contributed by atoms with Crippen molar-refractivity contribution in [2.24, 2.45) is 0 Å². The van der Waals surface area contributed by atoms with Crippen molar-refractivity contribution in [3.05, 3.63) is 124 Å². The minimum absolute atomic E-state index is 0.0522. The zero-order chi connectivity index (χ0) is 28.2. The molecule has 1 aliphatic heterocycles. The standard InChI is InChI=1S/C33H34N4O4/c1-40-30-14-8-5-11-25(30)22-35(21-24-9-3-2-4-10-24)23-27-15-16-31(41-27)32(38)36-19-17-26(18-20-36)37-29-13-7-6-12-28(29)34-33(37)39/h2-16,26H,17-23H2,1H3,(H,34,39). The number of rotatable bonds is 9. The van der Waals surface area contributed by atoms with Gasteiger partial charge in [-0.15, -0.1) is 0 Å². The van der Waals surface area contributed by atoms with Gasteiger partial charge in [-0.1, -0.05) is 60.7 Å². The van der Waals surface area contributed by atoms with Crippen molar-refractivity contribution in [3.8, 4) is 5.75 Å². The minimum Gasteiger partial charge on any atom is -0.496 e. The van der Waals surface area contributed by atoms with Gasteiger partial charge in [0.05, 0.1) is 24.7 Å². The number of aromatic nitrogens is 2. The number of likely N-dealkylation sites (tertiary alicyclic amines) is 1. The molecule has 0 bridgehead atoms. The summed E-state index contributed by atoms with van der Waals surface area (Å²) >= 11 is 0. The third-order valence-electron chi connectivity index (χ3n) is 7.83. The third-order valence-corrected chi connectivity index (χ3v) is 7.83. The number of nitrogens with zero attached hydrogens (tertiary/aromatic N) is 3. The van der Waals surface area contributed by atoms with Crippen LogP contribution in [0.1, 0.15) is 46.3 Å². The van der Waals surface area contributed by atoms with Gasteiger partial charge in [-0.3, -0.25) is 14.3 Å². The number of amides is 1. The minimum atomic E-state index is -0.111. The Balaban J connectivity index is 1.13. The molecule has 8 nitrogen and oxygen atoms in total. The Morgan fingerprint density at radius 2 is 1.63 bits per heavy atom. The van der Waals surface area contributed by atoms with Gasteiger partial charge in [0.2, 0.25) is 0 Å². The summed E-state index contributed by atoms with van der Waals surface area (Å²) in [6, 6.07) is 29.8. The number of aromatic amines is 1. The van der Waals surface area contributed by atoms with Gasteiger partial charge in [-0.05, 0) is 48.7 Å². The molecule has 3 aromatic carbocycles. The molecular formula is C33H34N4O4. The van der Waals surface area contributed by atoms with E-state index in [0.29, 0.717) is 44.8 Å². The molecule has 5 aromatic rings. The second-order valence-corrected chi connectivity index (χ2v) is 10.5. The molecule has 2 aromatic heterocycles. The van der Waals surface area contributed by atoms with E-state index in [2.05, 4.69) is 28.1 Å². The van der Waals surface area contributed by atoms with Crippen LogP contribution in [-0.2, 0) is 19.6 Å². The number of methoxy groups -OCH3 is 1. The zero-order valence-corrected chi connectivity index (χ0v) is 23.2. The summed E-state index contributed by atoms with van der Waals surface area (Å²) in [4.78, 5) is 33.0. The van der Waals surface area contributed by atoms with Gasteiger partial charge in [-0.25, -0.2) is 4.79 Å².